The average Bonchev–Trinajstić information content (AvgIpc) is 3.11. The lowest BCUT2D eigenvalue weighted by molar-refractivity contribution is -0.00898. The van der Waals surface area contributed by atoms with Crippen molar-refractivity contribution in [1.82, 2.24) is 14.8 Å². The molecule has 4 fully saturated rings. The molecular formula is C22H27N3O. The summed E-state index contributed by atoms with van der Waals surface area (Å²) in [6, 6.07) is 16.3. The van der Waals surface area contributed by atoms with E-state index in [0.717, 1.165) is 24.8 Å². The van der Waals surface area contributed by atoms with Gasteiger partial charge in [-0.3, -0.25) is 14.8 Å². The number of methoxy groups -OCH3 is 1. The summed E-state index contributed by atoms with van der Waals surface area (Å²) in [7, 11) is 1.76. The van der Waals surface area contributed by atoms with E-state index >= 15 is 0 Å². The Balaban J connectivity index is 1.48. The number of fused-ring (bicyclic) bond motifs is 2. The molecule has 1 aromatic carbocycles. The molecule has 0 saturated carbocycles. The fraction of sp³-hybridized carbons (Fsp3) is 0.500. The van der Waals surface area contributed by atoms with Gasteiger partial charge in [-0.25, -0.2) is 0 Å². The van der Waals surface area contributed by atoms with Gasteiger partial charge in [0, 0.05) is 37.3 Å². The molecule has 4 nitrogen and oxygen atoms in total. The molecule has 5 heterocycles. The highest BCUT2D eigenvalue weighted by Crippen LogP contribution is 2.47. The number of benzene rings is 1. The minimum Gasteiger partial charge on any atom is -0.497 e. The summed E-state index contributed by atoms with van der Waals surface area (Å²) in [5.41, 5.74) is 2.62. The van der Waals surface area contributed by atoms with Gasteiger partial charge in [0.15, 0.2) is 0 Å². The molecule has 0 spiro atoms. The first-order valence-electron chi connectivity index (χ1n) is 9.85. The van der Waals surface area contributed by atoms with Gasteiger partial charge in [0.05, 0.1) is 12.8 Å². The normalized spacial score (nSPS) is 33.2. The number of ether oxygens (including phenoxy) is 1. The first-order valence-corrected chi connectivity index (χ1v) is 9.85. The Morgan fingerprint density at radius 1 is 1.08 bits per heavy atom. The van der Waals surface area contributed by atoms with E-state index in [2.05, 4.69) is 51.2 Å². The predicted octanol–water partition coefficient (Wildman–Crippen LogP) is 3.15. The molecule has 4 saturated heterocycles. The smallest absolute Gasteiger partial charge is 0.119 e. The Morgan fingerprint density at radius 3 is 2.73 bits per heavy atom. The van der Waals surface area contributed by atoms with Crippen LogP contribution in [0.5, 0.6) is 5.75 Å². The van der Waals surface area contributed by atoms with Gasteiger partial charge >= 0.3 is 0 Å². The molecule has 0 amide bonds. The van der Waals surface area contributed by atoms with E-state index in [1.807, 2.05) is 12.3 Å². The molecule has 1 aromatic heterocycles. The van der Waals surface area contributed by atoms with Crippen LogP contribution in [0.15, 0.2) is 48.7 Å². The van der Waals surface area contributed by atoms with Crippen LogP contribution in [0.2, 0.25) is 0 Å². The third-order valence-corrected chi connectivity index (χ3v) is 6.71. The molecule has 0 N–H and O–H groups in total. The van der Waals surface area contributed by atoms with Gasteiger partial charge in [-0.2, -0.15) is 0 Å². The fourth-order valence-electron chi connectivity index (χ4n) is 5.59. The second-order valence-electron chi connectivity index (χ2n) is 7.99. The molecule has 4 aliphatic rings. The monoisotopic (exact) mass is 349 g/mol. The van der Waals surface area contributed by atoms with Gasteiger partial charge in [0.1, 0.15) is 5.75 Å². The van der Waals surface area contributed by atoms with Crippen LogP contribution in [0, 0.1) is 5.92 Å². The van der Waals surface area contributed by atoms with Gasteiger partial charge in [-0.15, -0.1) is 0 Å². The zero-order valence-corrected chi connectivity index (χ0v) is 15.4. The summed E-state index contributed by atoms with van der Waals surface area (Å²) in [6.45, 7) is 4.62. The summed E-state index contributed by atoms with van der Waals surface area (Å²) in [6.07, 6.45) is 4.62. The Bertz CT molecular complexity index is 757. The number of likely N-dealkylation sites (tertiary alicyclic amines) is 1. The van der Waals surface area contributed by atoms with Crippen molar-refractivity contribution < 1.29 is 4.74 Å². The van der Waals surface area contributed by atoms with Crippen molar-refractivity contribution >= 4 is 0 Å². The van der Waals surface area contributed by atoms with Crippen molar-refractivity contribution in [2.24, 2.45) is 5.92 Å². The van der Waals surface area contributed by atoms with E-state index in [0.29, 0.717) is 18.0 Å². The number of piperidine rings is 3. The molecule has 26 heavy (non-hydrogen) atoms. The summed E-state index contributed by atoms with van der Waals surface area (Å²) in [4.78, 5) is 10.1. The van der Waals surface area contributed by atoms with Crippen molar-refractivity contribution in [3.8, 4) is 5.75 Å². The number of hydrogen-bond donors (Lipinski definition) is 0. The van der Waals surface area contributed by atoms with E-state index < -0.39 is 0 Å². The fourth-order valence-corrected chi connectivity index (χ4v) is 5.59. The molecule has 4 aliphatic heterocycles. The maximum absolute atomic E-state index is 5.50. The highest BCUT2D eigenvalue weighted by Gasteiger charge is 2.53. The van der Waals surface area contributed by atoms with Crippen molar-refractivity contribution in [3.05, 3.63) is 59.9 Å². The van der Waals surface area contributed by atoms with E-state index in [-0.39, 0.29) is 0 Å². The molecule has 2 bridgehead atoms. The summed E-state index contributed by atoms with van der Waals surface area (Å²) >= 11 is 0. The van der Waals surface area contributed by atoms with Gasteiger partial charge in [-0.05, 0) is 61.7 Å². The van der Waals surface area contributed by atoms with E-state index in [1.165, 1.54) is 37.2 Å². The Morgan fingerprint density at radius 2 is 1.96 bits per heavy atom. The second kappa shape index (κ2) is 6.67. The van der Waals surface area contributed by atoms with Crippen LogP contribution in [0.25, 0.3) is 0 Å². The van der Waals surface area contributed by atoms with Crippen LogP contribution in [0.3, 0.4) is 0 Å². The molecule has 6 rings (SSSR count). The summed E-state index contributed by atoms with van der Waals surface area (Å²) in [5.74, 6) is 2.37. The van der Waals surface area contributed by atoms with E-state index in [1.54, 1.807) is 7.11 Å². The number of pyridine rings is 1. The standard InChI is InChI=1S/C22H27N3O/c1-26-19-7-4-5-17(13-19)20-15-25(14-18-6-2-3-10-23-18)21-16-8-11-24(12-9-16)22(20)21/h2-7,10,13,16,20-22H,8-9,11-12,14-15H2,1H3/t20-,21-,22-/m1/s1. The van der Waals surface area contributed by atoms with Gasteiger partial charge in [0.25, 0.3) is 0 Å². The van der Waals surface area contributed by atoms with Crippen molar-refractivity contribution in [3.63, 3.8) is 0 Å². The van der Waals surface area contributed by atoms with E-state index in [9.17, 15) is 0 Å². The third kappa shape index (κ3) is 2.72. The lowest BCUT2D eigenvalue weighted by Gasteiger charge is -2.51. The largest absolute Gasteiger partial charge is 0.497 e. The highest BCUT2D eigenvalue weighted by atomic mass is 16.5. The van der Waals surface area contributed by atoms with Gasteiger partial charge in [-0.1, -0.05) is 18.2 Å². The zero-order valence-electron chi connectivity index (χ0n) is 15.4. The maximum atomic E-state index is 5.50. The molecule has 3 atom stereocenters. The first-order chi connectivity index (χ1) is 12.8. The molecule has 0 radical (unpaired) electrons. The van der Waals surface area contributed by atoms with Crippen LogP contribution >= 0.6 is 0 Å². The number of aromatic nitrogens is 1. The molecule has 4 heteroatoms. The lowest BCUT2D eigenvalue weighted by Crippen LogP contribution is -2.60. The zero-order chi connectivity index (χ0) is 17.5. The summed E-state index contributed by atoms with van der Waals surface area (Å²) < 4.78 is 5.50. The maximum Gasteiger partial charge on any atom is 0.119 e. The Kier molecular flexibility index (Phi) is 4.18. The SMILES string of the molecule is COc1cccc([C@H]2CN(Cc3ccccn3)[C@@H]3C4CCN(CC4)[C@H]23)c1. The van der Waals surface area contributed by atoms with Crippen molar-refractivity contribution in [2.45, 2.75) is 37.4 Å². The number of nitrogens with zero attached hydrogens (tertiary/aromatic N) is 3. The second-order valence-corrected chi connectivity index (χ2v) is 7.99. The molecule has 0 aliphatic carbocycles. The quantitative estimate of drug-likeness (QED) is 0.848. The molecule has 136 valence electrons. The van der Waals surface area contributed by atoms with Gasteiger partial charge < -0.3 is 4.74 Å². The van der Waals surface area contributed by atoms with Gasteiger partial charge in [0.2, 0.25) is 0 Å². The lowest BCUT2D eigenvalue weighted by atomic mass is 9.75. The molecule has 0 unspecified atom stereocenters. The topological polar surface area (TPSA) is 28.6 Å². The Labute approximate surface area is 155 Å². The minimum absolute atomic E-state index is 0.557. The van der Waals surface area contributed by atoms with Crippen LogP contribution in [-0.2, 0) is 6.54 Å². The third-order valence-electron chi connectivity index (χ3n) is 6.71. The number of hydrogen-bond acceptors (Lipinski definition) is 4. The highest BCUT2D eigenvalue weighted by molar-refractivity contribution is 5.34. The van der Waals surface area contributed by atoms with Crippen LogP contribution in [-0.4, -0.2) is 53.6 Å². The van der Waals surface area contributed by atoms with Crippen LogP contribution in [0.1, 0.15) is 30.0 Å². The average molecular weight is 349 g/mol. The Hall–Kier alpha value is -1.91. The predicted molar refractivity (Wildman–Crippen MR) is 102 cm³/mol. The van der Waals surface area contributed by atoms with Crippen LogP contribution < -0.4 is 4.74 Å². The van der Waals surface area contributed by atoms with Crippen LogP contribution in [0.4, 0.5) is 0 Å². The van der Waals surface area contributed by atoms with E-state index in [4.69, 9.17) is 4.74 Å². The van der Waals surface area contributed by atoms with Crippen molar-refractivity contribution in [2.75, 3.05) is 26.7 Å². The molecule has 2 aromatic rings. The number of rotatable bonds is 4. The minimum atomic E-state index is 0.557. The molecular weight excluding hydrogens is 322 g/mol. The summed E-state index contributed by atoms with van der Waals surface area (Å²) in [5, 5.41) is 0. The van der Waals surface area contributed by atoms with Crippen molar-refractivity contribution in [1.29, 1.82) is 0 Å². The first kappa shape index (κ1) is 16.3.